The summed E-state index contributed by atoms with van der Waals surface area (Å²) in [4.78, 5) is 22.8. The van der Waals surface area contributed by atoms with Gasteiger partial charge in [-0.05, 0) is 74.0 Å². The highest BCUT2D eigenvalue weighted by Crippen LogP contribution is 2.66. The highest BCUT2D eigenvalue weighted by atomic mass is 16.5. The van der Waals surface area contributed by atoms with Crippen molar-refractivity contribution >= 4 is 12.3 Å². The van der Waals surface area contributed by atoms with Gasteiger partial charge in [-0.1, -0.05) is 13.8 Å². The fourth-order valence-electron chi connectivity index (χ4n) is 7.29. The molecule has 0 aliphatic heterocycles. The Balaban J connectivity index is 1.60. The number of ether oxygens (including phenoxy) is 1. The molecule has 4 fully saturated rings. The summed E-state index contributed by atoms with van der Waals surface area (Å²) in [6.45, 7) is 5.52. The van der Waals surface area contributed by atoms with Gasteiger partial charge in [0.25, 0.3) is 6.47 Å². The standard InChI is InChI=1S/C20H30O3/c1-19-9-7-14(22)11-13(19)3-4-15-16-5-6-18(23-12-21)20(16,2)10-8-17(15)19/h12-13,15-18H,3-11H2,1-2H3/t13-,15-,16+,17-,18+,19+,20+/m0/s1. The number of carbonyl (C=O) groups is 2. The van der Waals surface area contributed by atoms with E-state index in [-0.39, 0.29) is 11.5 Å². The number of fused-ring (bicyclic) bond motifs is 5. The highest BCUT2D eigenvalue weighted by Gasteiger charge is 2.60. The van der Waals surface area contributed by atoms with Gasteiger partial charge in [-0.2, -0.15) is 0 Å². The molecule has 0 unspecified atom stereocenters. The van der Waals surface area contributed by atoms with Crippen LogP contribution in [0.2, 0.25) is 0 Å². The molecule has 0 aromatic rings. The summed E-state index contributed by atoms with van der Waals surface area (Å²) < 4.78 is 5.48. The first-order valence-electron chi connectivity index (χ1n) is 9.60. The van der Waals surface area contributed by atoms with Crippen molar-refractivity contribution in [1.82, 2.24) is 0 Å². The van der Waals surface area contributed by atoms with Crippen LogP contribution in [0.25, 0.3) is 0 Å². The molecular weight excluding hydrogens is 288 g/mol. The van der Waals surface area contributed by atoms with Crippen LogP contribution in [0.15, 0.2) is 0 Å². The summed E-state index contributed by atoms with van der Waals surface area (Å²) in [6.07, 6.45) is 10.1. The average molecular weight is 318 g/mol. The summed E-state index contributed by atoms with van der Waals surface area (Å²) in [5.74, 6) is 3.39. The largest absolute Gasteiger partial charge is 0.464 e. The van der Waals surface area contributed by atoms with E-state index >= 15 is 0 Å². The Labute approximate surface area is 139 Å². The van der Waals surface area contributed by atoms with Crippen molar-refractivity contribution < 1.29 is 14.3 Å². The minimum absolute atomic E-state index is 0.129. The zero-order chi connectivity index (χ0) is 16.2. The third-order valence-corrected chi connectivity index (χ3v) is 8.61. The second-order valence-corrected chi connectivity index (χ2v) is 9.24. The smallest absolute Gasteiger partial charge is 0.293 e. The first-order chi connectivity index (χ1) is 11.0. The molecule has 0 saturated heterocycles. The van der Waals surface area contributed by atoms with Gasteiger partial charge in [0.2, 0.25) is 0 Å². The van der Waals surface area contributed by atoms with Crippen LogP contribution in [-0.2, 0) is 14.3 Å². The first-order valence-corrected chi connectivity index (χ1v) is 9.60. The lowest BCUT2D eigenvalue weighted by Crippen LogP contribution is -2.54. The first kappa shape index (κ1) is 15.7. The van der Waals surface area contributed by atoms with Crippen molar-refractivity contribution in [1.29, 1.82) is 0 Å². The van der Waals surface area contributed by atoms with Crippen LogP contribution >= 0.6 is 0 Å². The predicted molar refractivity (Wildman–Crippen MR) is 87.7 cm³/mol. The van der Waals surface area contributed by atoms with Crippen molar-refractivity contribution in [2.45, 2.75) is 77.7 Å². The van der Waals surface area contributed by atoms with Gasteiger partial charge in [0.05, 0.1) is 0 Å². The summed E-state index contributed by atoms with van der Waals surface area (Å²) in [5.41, 5.74) is 0.567. The maximum absolute atomic E-state index is 11.9. The van der Waals surface area contributed by atoms with E-state index in [9.17, 15) is 9.59 Å². The molecule has 4 saturated carbocycles. The van der Waals surface area contributed by atoms with Crippen LogP contribution < -0.4 is 0 Å². The molecule has 4 rings (SSSR count). The Kier molecular flexibility index (Phi) is 3.62. The lowest BCUT2D eigenvalue weighted by molar-refractivity contribution is -0.153. The third kappa shape index (κ3) is 2.14. The van der Waals surface area contributed by atoms with Gasteiger partial charge in [0.1, 0.15) is 11.9 Å². The average Bonchev–Trinajstić information content (AvgIpc) is 2.85. The molecule has 0 bridgehead atoms. The van der Waals surface area contributed by atoms with Crippen LogP contribution in [0.4, 0.5) is 0 Å². The van der Waals surface area contributed by atoms with E-state index < -0.39 is 0 Å². The monoisotopic (exact) mass is 318 g/mol. The van der Waals surface area contributed by atoms with Gasteiger partial charge in [-0.3, -0.25) is 9.59 Å². The van der Waals surface area contributed by atoms with Gasteiger partial charge in [0, 0.05) is 18.3 Å². The van der Waals surface area contributed by atoms with Gasteiger partial charge in [-0.15, -0.1) is 0 Å². The van der Waals surface area contributed by atoms with E-state index in [0.717, 1.165) is 37.5 Å². The molecule has 7 atom stereocenters. The van der Waals surface area contributed by atoms with Crippen molar-refractivity contribution in [3.8, 4) is 0 Å². The Morgan fingerprint density at radius 3 is 2.57 bits per heavy atom. The molecule has 0 aromatic heterocycles. The molecule has 4 aliphatic carbocycles. The second kappa shape index (κ2) is 5.32. The zero-order valence-corrected chi connectivity index (χ0v) is 14.6. The molecule has 3 heteroatoms. The van der Waals surface area contributed by atoms with E-state index in [1.165, 1.54) is 32.1 Å². The van der Waals surface area contributed by atoms with E-state index in [4.69, 9.17) is 4.74 Å². The molecule has 0 radical (unpaired) electrons. The van der Waals surface area contributed by atoms with Gasteiger partial charge >= 0.3 is 0 Å². The SMILES string of the molecule is C[C@@]12CC[C@H]3[C@@H](CC[C@H]4CC(=O)CC[C@]43C)[C@H]1CC[C@H]2OC=O. The molecule has 128 valence electrons. The van der Waals surface area contributed by atoms with E-state index in [1.54, 1.807) is 0 Å². The van der Waals surface area contributed by atoms with E-state index in [1.807, 2.05) is 0 Å². The normalized spacial score (nSPS) is 52.3. The number of hydrogen-bond acceptors (Lipinski definition) is 3. The fraction of sp³-hybridized carbons (Fsp3) is 0.900. The van der Waals surface area contributed by atoms with Crippen LogP contribution in [0, 0.1) is 34.5 Å². The quantitative estimate of drug-likeness (QED) is 0.719. The van der Waals surface area contributed by atoms with Crippen LogP contribution in [-0.4, -0.2) is 18.4 Å². The molecule has 3 nitrogen and oxygen atoms in total. The molecule has 4 aliphatic rings. The molecule has 0 aromatic carbocycles. The third-order valence-electron chi connectivity index (χ3n) is 8.61. The fourth-order valence-corrected chi connectivity index (χ4v) is 7.29. The Bertz CT molecular complexity index is 515. The van der Waals surface area contributed by atoms with Gasteiger partial charge in [0.15, 0.2) is 0 Å². The zero-order valence-electron chi connectivity index (χ0n) is 14.6. The molecular formula is C20H30O3. The minimum atomic E-state index is 0.129. The van der Waals surface area contributed by atoms with Crippen LogP contribution in [0.5, 0.6) is 0 Å². The Morgan fingerprint density at radius 2 is 1.78 bits per heavy atom. The summed E-state index contributed by atoms with van der Waals surface area (Å²) in [7, 11) is 0. The number of rotatable bonds is 2. The lowest BCUT2D eigenvalue weighted by atomic mass is 9.45. The summed E-state index contributed by atoms with van der Waals surface area (Å²) in [6, 6.07) is 0. The summed E-state index contributed by atoms with van der Waals surface area (Å²) >= 11 is 0. The maximum atomic E-state index is 11.9. The van der Waals surface area contributed by atoms with Crippen LogP contribution in [0.3, 0.4) is 0 Å². The molecule has 0 spiro atoms. The lowest BCUT2D eigenvalue weighted by Gasteiger charge is -2.60. The topological polar surface area (TPSA) is 43.4 Å². The number of carbonyl (C=O) groups excluding carboxylic acids is 2. The maximum Gasteiger partial charge on any atom is 0.293 e. The molecule has 0 amide bonds. The minimum Gasteiger partial charge on any atom is -0.464 e. The Hall–Kier alpha value is -0.860. The van der Waals surface area contributed by atoms with E-state index in [2.05, 4.69) is 13.8 Å². The predicted octanol–water partition coefficient (Wildman–Crippen LogP) is 4.14. The molecule has 0 N–H and O–H groups in total. The van der Waals surface area contributed by atoms with Crippen molar-refractivity contribution in [2.75, 3.05) is 0 Å². The van der Waals surface area contributed by atoms with Gasteiger partial charge in [-0.25, -0.2) is 0 Å². The van der Waals surface area contributed by atoms with Gasteiger partial charge < -0.3 is 4.74 Å². The summed E-state index contributed by atoms with van der Waals surface area (Å²) in [5, 5.41) is 0. The molecule has 23 heavy (non-hydrogen) atoms. The second-order valence-electron chi connectivity index (χ2n) is 9.24. The van der Waals surface area contributed by atoms with E-state index in [0.29, 0.717) is 29.5 Å². The van der Waals surface area contributed by atoms with Crippen molar-refractivity contribution in [3.63, 3.8) is 0 Å². The number of ketones is 1. The number of hydrogen-bond donors (Lipinski definition) is 0. The molecule has 0 heterocycles. The highest BCUT2D eigenvalue weighted by molar-refractivity contribution is 5.79. The Morgan fingerprint density at radius 1 is 1.00 bits per heavy atom. The van der Waals surface area contributed by atoms with Crippen molar-refractivity contribution in [2.24, 2.45) is 34.5 Å². The van der Waals surface area contributed by atoms with Crippen LogP contribution in [0.1, 0.15) is 71.6 Å². The van der Waals surface area contributed by atoms with Crippen molar-refractivity contribution in [3.05, 3.63) is 0 Å². The number of Topliss-reactive ketones (excluding diaryl/α,β-unsaturated/α-hetero) is 1.